The maximum Gasteiger partial charge on any atom is 0.256 e. The highest BCUT2D eigenvalue weighted by Gasteiger charge is 2.20. The number of pyridine rings is 1. The van der Waals surface area contributed by atoms with Crippen molar-refractivity contribution in [2.75, 3.05) is 5.32 Å². The van der Waals surface area contributed by atoms with E-state index in [2.05, 4.69) is 15.4 Å². The van der Waals surface area contributed by atoms with Crippen molar-refractivity contribution in [2.24, 2.45) is 0 Å². The molecule has 1 N–H and O–H groups in total. The maximum absolute atomic E-state index is 13.1. The fourth-order valence-electron chi connectivity index (χ4n) is 3.25. The number of amides is 1. The van der Waals surface area contributed by atoms with Gasteiger partial charge in [0.15, 0.2) is 5.65 Å². The molecule has 4 aromatic rings. The number of aromatic nitrogens is 3. The Kier molecular flexibility index (Phi) is 4.20. The molecule has 0 bridgehead atoms. The van der Waals surface area contributed by atoms with Crippen LogP contribution in [0, 0.1) is 20.8 Å². The van der Waals surface area contributed by atoms with E-state index < -0.39 is 0 Å². The predicted octanol–water partition coefficient (Wildman–Crippen LogP) is 4.60. The van der Waals surface area contributed by atoms with E-state index in [1.54, 1.807) is 4.68 Å². The molecular formula is C22H20N4O. The molecule has 5 heteroatoms. The van der Waals surface area contributed by atoms with Gasteiger partial charge in [0.2, 0.25) is 0 Å². The van der Waals surface area contributed by atoms with E-state index in [1.807, 2.05) is 81.4 Å². The Balaban J connectivity index is 1.85. The SMILES string of the molecule is Cc1cc(C(=O)Nc2ccccc2C)c2c(C)nn(-c3ccccc3)c2n1. The molecule has 0 fully saturated rings. The van der Waals surface area contributed by atoms with Gasteiger partial charge in [-0.3, -0.25) is 4.79 Å². The third-order valence-corrected chi connectivity index (χ3v) is 4.58. The number of hydrogen-bond acceptors (Lipinski definition) is 3. The lowest BCUT2D eigenvalue weighted by Gasteiger charge is -2.10. The van der Waals surface area contributed by atoms with Gasteiger partial charge in [-0.25, -0.2) is 9.67 Å². The van der Waals surface area contributed by atoms with Gasteiger partial charge in [-0.2, -0.15) is 5.10 Å². The Hall–Kier alpha value is -3.47. The van der Waals surface area contributed by atoms with Gasteiger partial charge in [-0.05, 0) is 50.6 Å². The largest absolute Gasteiger partial charge is 0.322 e. The zero-order valence-electron chi connectivity index (χ0n) is 15.5. The van der Waals surface area contributed by atoms with E-state index in [0.717, 1.165) is 33.7 Å². The van der Waals surface area contributed by atoms with Gasteiger partial charge < -0.3 is 5.32 Å². The fourth-order valence-corrected chi connectivity index (χ4v) is 3.25. The molecule has 2 aromatic carbocycles. The lowest BCUT2D eigenvalue weighted by molar-refractivity contribution is 0.102. The standard InChI is InChI=1S/C22H20N4O/c1-14-9-7-8-12-19(14)24-22(27)18-13-15(2)23-21-20(18)16(3)25-26(21)17-10-5-4-6-11-17/h4-13H,1-3H3,(H,24,27). The minimum Gasteiger partial charge on any atom is -0.322 e. The minimum absolute atomic E-state index is 0.157. The topological polar surface area (TPSA) is 59.8 Å². The van der Waals surface area contributed by atoms with Crippen molar-refractivity contribution in [3.63, 3.8) is 0 Å². The summed E-state index contributed by atoms with van der Waals surface area (Å²) in [5.74, 6) is -0.157. The molecule has 0 atom stereocenters. The lowest BCUT2D eigenvalue weighted by Crippen LogP contribution is -2.14. The molecule has 1 amide bonds. The average molecular weight is 356 g/mol. The van der Waals surface area contributed by atoms with Crippen LogP contribution >= 0.6 is 0 Å². The van der Waals surface area contributed by atoms with Gasteiger partial charge in [0, 0.05) is 11.4 Å². The monoisotopic (exact) mass is 356 g/mol. The van der Waals surface area contributed by atoms with Gasteiger partial charge in [0.1, 0.15) is 0 Å². The molecule has 2 aromatic heterocycles. The second kappa shape index (κ2) is 6.68. The molecule has 134 valence electrons. The van der Waals surface area contributed by atoms with Crippen LogP contribution in [0.3, 0.4) is 0 Å². The van der Waals surface area contributed by atoms with Gasteiger partial charge in [-0.15, -0.1) is 0 Å². The minimum atomic E-state index is -0.157. The highest BCUT2D eigenvalue weighted by atomic mass is 16.1. The van der Waals surface area contributed by atoms with Crippen molar-refractivity contribution in [1.82, 2.24) is 14.8 Å². The number of nitrogens with one attached hydrogen (secondary N) is 1. The van der Waals surface area contributed by atoms with Crippen LogP contribution in [0.25, 0.3) is 16.7 Å². The van der Waals surface area contributed by atoms with E-state index in [4.69, 9.17) is 0 Å². The number of aryl methyl sites for hydroxylation is 3. The van der Waals surface area contributed by atoms with Crippen LogP contribution in [-0.4, -0.2) is 20.7 Å². The molecule has 0 radical (unpaired) electrons. The summed E-state index contributed by atoms with van der Waals surface area (Å²) in [4.78, 5) is 17.7. The Morgan fingerprint density at radius 1 is 0.963 bits per heavy atom. The normalized spacial score (nSPS) is 10.9. The Morgan fingerprint density at radius 3 is 2.41 bits per heavy atom. The molecular weight excluding hydrogens is 336 g/mol. The number of nitrogens with zero attached hydrogens (tertiary/aromatic N) is 3. The first-order chi connectivity index (χ1) is 13.0. The number of carbonyl (C=O) groups excluding carboxylic acids is 1. The Bertz CT molecular complexity index is 1150. The second-order valence-corrected chi connectivity index (χ2v) is 6.61. The first-order valence-corrected chi connectivity index (χ1v) is 8.84. The van der Waals surface area contributed by atoms with Gasteiger partial charge in [0.05, 0.1) is 22.3 Å². The summed E-state index contributed by atoms with van der Waals surface area (Å²) in [6.45, 7) is 5.77. The molecule has 4 rings (SSSR count). The summed E-state index contributed by atoms with van der Waals surface area (Å²) in [5, 5.41) is 8.43. The first-order valence-electron chi connectivity index (χ1n) is 8.84. The van der Waals surface area contributed by atoms with Crippen LogP contribution in [-0.2, 0) is 0 Å². The number of rotatable bonds is 3. The fraction of sp³-hybridized carbons (Fsp3) is 0.136. The summed E-state index contributed by atoms with van der Waals surface area (Å²) in [5.41, 5.74) is 5.56. The Morgan fingerprint density at radius 2 is 1.67 bits per heavy atom. The van der Waals surface area contributed by atoms with Crippen molar-refractivity contribution in [2.45, 2.75) is 20.8 Å². The number of benzene rings is 2. The summed E-state index contributed by atoms with van der Waals surface area (Å²) in [6, 6.07) is 19.4. The lowest BCUT2D eigenvalue weighted by atomic mass is 10.1. The van der Waals surface area contributed by atoms with E-state index in [-0.39, 0.29) is 5.91 Å². The molecule has 2 heterocycles. The number of hydrogen-bond donors (Lipinski definition) is 1. The summed E-state index contributed by atoms with van der Waals surface area (Å²) >= 11 is 0. The summed E-state index contributed by atoms with van der Waals surface area (Å²) in [6.07, 6.45) is 0. The van der Waals surface area contributed by atoms with Crippen LogP contribution in [0.2, 0.25) is 0 Å². The summed E-state index contributed by atoms with van der Waals surface area (Å²) < 4.78 is 1.79. The number of carbonyl (C=O) groups is 1. The van der Waals surface area contributed by atoms with Gasteiger partial charge in [-0.1, -0.05) is 36.4 Å². The second-order valence-electron chi connectivity index (χ2n) is 6.61. The average Bonchev–Trinajstić information content (AvgIpc) is 3.00. The van der Waals surface area contributed by atoms with Crippen LogP contribution in [0.4, 0.5) is 5.69 Å². The maximum atomic E-state index is 13.1. The van der Waals surface area contributed by atoms with Gasteiger partial charge >= 0.3 is 0 Å². The van der Waals surface area contributed by atoms with Crippen LogP contribution in [0.1, 0.15) is 27.3 Å². The molecule has 0 unspecified atom stereocenters. The number of fused-ring (bicyclic) bond motifs is 1. The Labute approximate surface area is 157 Å². The molecule has 5 nitrogen and oxygen atoms in total. The van der Waals surface area contributed by atoms with Crippen molar-refractivity contribution < 1.29 is 4.79 Å². The first kappa shape index (κ1) is 17.0. The number of para-hydroxylation sites is 2. The molecule has 0 saturated carbocycles. The third kappa shape index (κ3) is 3.08. The van der Waals surface area contributed by atoms with Crippen LogP contribution < -0.4 is 5.32 Å². The van der Waals surface area contributed by atoms with Crippen molar-refractivity contribution in [1.29, 1.82) is 0 Å². The highest BCUT2D eigenvalue weighted by Crippen LogP contribution is 2.26. The molecule has 0 aliphatic rings. The van der Waals surface area contributed by atoms with E-state index in [9.17, 15) is 4.79 Å². The van der Waals surface area contributed by atoms with Crippen LogP contribution in [0.5, 0.6) is 0 Å². The van der Waals surface area contributed by atoms with E-state index in [1.165, 1.54) is 0 Å². The smallest absolute Gasteiger partial charge is 0.256 e. The highest BCUT2D eigenvalue weighted by molar-refractivity contribution is 6.13. The van der Waals surface area contributed by atoms with Crippen molar-refractivity contribution in [3.05, 3.63) is 83.2 Å². The van der Waals surface area contributed by atoms with E-state index >= 15 is 0 Å². The zero-order valence-corrected chi connectivity index (χ0v) is 15.5. The zero-order chi connectivity index (χ0) is 19.0. The molecule has 0 aliphatic carbocycles. The van der Waals surface area contributed by atoms with Gasteiger partial charge in [0.25, 0.3) is 5.91 Å². The predicted molar refractivity (Wildman–Crippen MR) is 107 cm³/mol. The number of anilines is 1. The quantitative estimate of drug-likeness (QED) is 0.584. The van der Waals surface area contributed by atoms with E-state index in [0.29, 0.717) is 11.2 Å². The van der Waals surface area contributed by atoms with Crippen LogP contribution in [0.15, 0.2) is 60.7 Å². The molecule has 27 heavy (non-hydrogen) atoms. The molecule has 0 saturated heterocycles. The summed E-state index contributed by atoms with van der Waals surface area (Å²) in [7, 11) is 0. The molecule has 0 spiro atoms. The molecule has 0 aliphatic heterocycles. The van der Waals surface area contributed by atoms with Crippen molar-refractivity contribution >= 4 is 22.6 Å². The van der Waals surface area contributed by atoms with Crippen molar-refractivity contribution in [3.8, 4) is 5.69 Å². The third-order valence-electron chi connectivity index (χ3n) is 4.58.